The number of halogens is 1. The molecule has 3 heteroatoms. The Morgan fingerprint density at radius 2 is 1.62 bits per heavy atom. The number of ketones is 1. The SMILES string of the molecule is CC1C(=O)CCC2(C)[C@H]3CCC4[C@H]5CCCC5(C(=O)Cl)CC[C@@]4(C)C3(C)CC[C@@H]12. The first kappa shape index (κ1) is 20.5. The van der Waals surface area contributed by atoms with Gasteiger partial charge in [-0.25, -0.2) is 0 Å². The van der Waals surface area contributed by atoms with Gasteiger partial charge in [0, 0.05) is 17.8 Å². The second kappa shape index (κ2) is 6.33. The molecule has 0 heterocycles. The van der Waals surface area contributed by atoms with Crippen LogP contribution in [0.15, 0.2) is 0 Å². The molecule has 0 radical (unpaired) electrons. The number of fused-ring (bicyclic) bond motifs is 7. The lowest BCUT2D eigenvalue weighted by Crippen LogP contribution is -2.65. The van der Waals surface area contributed by atoms with Crippen LogP contribution in [0, 0.1) is 51.2 Å². The average molecular weight is 419 g/mol. The fraction of sp³-hybridized carbons (Fsp3) is 0.923. The van der Waals surface area contributed by atoms with Crippen molar-refractivity contribution in [3.8, 4) is 0 Å². The summed E-state index contributed by atoms with van der Waals surface area (Å²) in [5.74, 6) is 3.18. The molecule has 9 atom stereocenters. The maximum Gasteiger partial charge on any atom is 0.228 e. The predicted octanol–water partition coefficient (Wildman–Crippen LogP) is 6.79. The van der Waals surface area contributed by atoms with Crippen molar-refractivity contribution in [1.82, 2.24) is 0 Å². The number of hydrogen-bond acceptors (Lipinski definition) is 2. The molecule has 0 saturated heterocycles. The highest BCUT2D eigenvalue weighted by Crippen LogP contribution is 2.75. The van der Waals surface area contributed by atoms with Gasteiger partial charge in [-0.3, -0.25) is 9.59 Å². The van der Waals surface area contributed by atoms with E-state index < -0.39 is 0 Å². The summed E-state index contributed by atoms with van der Waals surface area (Å²) in [5.41, 5.74) is 0.716. The molecule has 0 N–H and O–H groups in total. The first-order chi connectivity index (χ1) is 13.6. The van der Waals surface area contributed by atoms with Crippen molar-refractivity contribution < 1.29 is 9.59 Å². The van der Waals surface area contributed by atoms with Gasteiger partial charge in [0.15, 0.2) is 0 Å². The molecule has 0 spiro atoms. The lowest BCUT2D eigenvalue weighted by Gasteiger charge is -2.71. The lowest BCUT2D eigenvalue weighted by atomic mass is 9.33. The smallest absolute Gasteiger partial charge is 0.228 e. The molecule has 2 nitrogen and oxygen atoms in total. The average Bonchev–Trinajstić information content (AvgIpc) is 3.11. The highest BCUT2D eigenvalue weighted by Gasteiger charge is 2.69. The summed E-state index contributed by atoms with van der Waals surface area (Å²) in [5, 5.41) is -0.0374. The molecule has 29 heavy (non-hydrogen) atoms. The van der Waals surface area contributed by atoms with Crippen molar-refractivity contribution in [3.05, 3.63) is 0 Å². The number of carbonyl (C=O) groups is 2. The van der Waals surface area contributed by atoms with Gasteiger partial charge in [0.05, 0.1) is 0 Å². The van der Waals surface area contributed by atoms with E-state index in [-0.39, 0.29) is 16.6 Å². The minimum absolute atomic E-state index is 0.0374. The topological polar surface area (TPSA) is 34.1 Å². The van der Waals surface area contributed by atoms with Gasteiger partial charge in [-0.2, -0.15) is 0 Å². The van der Waals surface area contributed by atoms with Gasteiger partial charge < -0.3 is 0 Å². The second-order valence-electron chi connectivity index (χ2n) is 12.4. The zero-order valence-electron chi connectivity index (χ0n) is 18.9. The fourth-order valence-electron chi connectivity index (χ4n) is 10.3. The van der Waals surface area contributed by atoms with E-state index >= 15 is 0 Å². The molecule has 0 bridgehead atoms. The summed E-state index contributed by atoms with van der Waals surface area (Å²) in [6.45, 7) is 9.94. The quantitative estimate of drug-likeness (QED) is 0.439. The number of rotatable bonds is 1. The molecule has 0 aromatic rings. The first-order valence-corrected chi connectivity index (χ1v) is 12.7. The van der Waals surface area contributed by atoms with Gasteiger partial charge in [0.1, 0.15) is 5.78 Å². The van der Waals surface area contributed by atoms with Gasteiger partial charge in [0.2, 0.25) is 5.24 Å². The summed E-state index contributed by atoms with van der Waals surface area (Å²) < 4.78 is 0. The molecule has 5 aliphatic carbocycles. The highest BCUT2D eigenvalue weighted by atomic mass is 35.5. The van der Waals surface area contributed by atoms with E-state index in [1.54, 1.807) is 0 Å². The maximum absolute atomic E-state index is 12.6. The van der Waals surface area contributed by atoms with Crippen LogP contribution in [-0.4, -0.2) is 11.0 Å². The zero-order valence-corrected chi connectivity index (χ0v) is 19.6. The van der Waals surface area contributed by atoms with E-state index in [0.29, 0.717) is 45.7 Å². The van der Waals surface area contributed by atoms with Crippen LogP contribution in [0.3, 0.4) is 0 Å². The Bertz CT molecular complexity index is 747. The Balaban J connectivity index is 1.53. The minimum Gasteiger partial charge on any atom is -0.299 e. The summed E-state index contributed by atoms with van der Waals surface area (Å²) in [6.07, 6.45) is 12.5. The van der Waals surface area contributed by atoms with E-state index in [4.69, 9.17) is 11.6 Å². The van der Waals surface area contributed by atoms with Crippen LogP contribution in [0.4, 0.5) is 0 Å². The van der Waals surface area contributed by atoms with E-state index in [1.807, 2.05) is 0 Å². The van der Waals surface area contributed by atoms with Crippen LogP contribution < -0.4 is 0 Å². The van der Waals surface area contributed by atoms with Crippen molar-refractivity contribution in [2.45, 2.75) is 98.3 Å². The van der Waals surface area contributed by atoms with Gasteiger partial charge in [0.25, 0.3) is 0 Å². The Morgan fingerprint density at radius 1 is 0.862 bits per heavy atom. The molecule has 5 saturated carbocycles. The molecule has 5 fully saturated rings. The fourth-order valence-corrected chi connectivity index (χ4v) is 10.7. The molecule has 162 valence electrons. The highest BCUT2D eigenvalue weighted by molar-refractivity contribution is 6.64. The van der Waals surface area contributed by atoms with E-state index in [9.17, 15) is 9.59 Å². The van der Waals surface area contributed by atoms with Crippen LogP contribution in [0.2, 0.25) is 0 Å². The third kappa shape index (κ3) is 2.36. The first-order valence-electron chi connectivity index (χ1n) is 12.3. The van der Waals surface area contributed by atoms with Crippen molar-refractivity contribution in [2.75, 3.05) is 0 Å². The Labute approximate surface area is 181 Å². The summed E-state index contributed by atoms with van der Waals surface area (Å²) in [6, 6.07) is 0. The summed E-state index contributed by atoms with van der Waals surface area (Å²) in [4.78, 5) is 25.1. The largest absolute Gasteiger partial charge is 0.299 e. The monoisotopic (exact) mass is 418 g/mol. The molecule has 0 aliphatic heterocycles. The Morgan fingerprint density at radius 3 is 2.34 bits per heavy atom. The van der Waals surface area contributed by atoms with Gasteiger partial charge in [-0.1, -0.05) is 34.1 Å². The van der Waals surface area contributed by atoms with E-state index in [0.717, 1.165) is 32.1 Å². The molecule has 0 aromatic heterocycles. The van der Waals surface area contributed by atoms with Crippen molar-refractivity contribution in [3.63, 3.8) is 0 Å². The van der Waals surface area contributed by atoms with Crippen LogP contribution in [0.25, 0.3) is 0 Å². The molecular formula is C26H39ClO2. The van der Waals surface area contributed by atoms with Crippen LogP contribution in [0.1, 0.15) is 98.3 Å². The van der Waals surface area contributed by atoms with Crippen LogP contribution in [0.5, 0.6) is 0 Å². The van der Waals surface area contributed by atoms with Crippen molar-refractivity contribution >= 4 is 22.6 Å². The van der Waals surface area contributed by atoms with E-state index in [2.05, 4.69) is 27.7 Å². The van der Waals surface area contributed by atoms with Crippen LogP contribution >= 0.6 is 11.6 Å². The Hall–Kier alpha value is -0.370. The third-order valence-electron chi connectivity index (χ3n) is 12.1. The number of hydrogen-bond donors (Lipinski definition) is 0. The van der Waals surface area contributed by atoms with Crippen molar-refractivity contribution in [2.24, 2.45) is 51.2 Å². The van der Waals surface area contributed by atoms with Gasteiger partial charge in [-0.15, -0.1) is 0 Å². The third-order valence-corrected chi connectivity index (χ3v) is 12.5. The Kier molecular flexibility index (Phi) is 4.48. The number of carbonyl (C=O) groups excluding carboxylic acids is 2. The molecule has 5 aliphatic rings. The standard InChI is InChI=1S/C26H39ClO2/c1-16-17-9-13-25(4)21(23(17,2)12-10-20(16)28)8-7-18-19-6-5-11-26(19,22(27)29)15-14-24(18,25)3/h16-19,21H,5-15H2,1-4H3/t16?,17-,18?,19+,21+,23?,24+,25?,26?/m0/s1. The number of Topliss-reactive ketones (excluding diaryl/α,β-unsaturated/α-hetero) is 1. The molecule has 5 unspecified atom stereocenters. The lowest BCUT2D eigenvalue weighted by molar-refractivity contribution is -0.222. The summed E-state index contributed by atoms with van der Waals surface area (Å²) in [7, 11) is 0. The van der Waals surface area contributed by atoms with Gasteiger partial charge >= 0.3 is 0 Å². The normalized spacial score (nSPS) is 56.7. The molecule has 0 aromatic carbocycles. The second-order valence-corrected chi connectivity index (χ2v) is 12.7. The molecular weight excluding hydrogens is 380 g/mol. The maximum atomic E-state index is 12.6. The van der Waals surface area contributed by atoms with Gasteiger partial charge in [-0.05, 0) is 109 Å². The molecule has 0 amide bonds. The predicted molar refractivity (Wildman–Crippen MR) is 117 cm³/mol. The molecule has 5 rings (SSSR count). The zero-order chi connectivity index (χ0) is 20.8. The van der Waals surface area contributed by atoms with Crippen molar-refractivity contribution in [1.29, 1.82) is 0 Å². The minimum atomic E-state index is -0.220. The van der Waals surface area contributed by atoms with E-state index in [1.165, 1.54) is 38.5 Å². The van der Waals surface area contributed by atoms with Crippen LogP contribution in [-0.2, 0) is 9.59 Å². The summed E-state index contributed by atoms with van der Waals surface area (Å²) >= 11 is 6.27.